The van der Waals surface area contributed by atoms with Crippen LogP contribution >= 0.6 is 0 Å². The fourth-order valence-electron chi connectivity index (χ4n) is 1.74. The summed E-state index contributed by atoms with van der Waals surface area (Å²) in [6, 6.07) is 4.38. The maximum absolute atomic E-state index is 13.6. The Kier molecular flexibility index (Phi) is 5.09. The highest BCUT2D eigenvalue weighted by molar-refractivity contribution is 5.99. The van der Waals surface area contributed by atoms with Crippen LogP contribution in [0.3, 0.4) is 0 Å². The summed E-state index contributed by atoms with van der Waals surface area (Å²) in [4.78, 5) is 13.5. The van der Waals surface area contributed by atoms with Gasteiger partial charge in [-0.2, -0.15) is 0 Å². The van der Waals surface area contributed by atoms with Gasteiger partial charge in [0.1, 0.15) is 5.82 Å². The lowest BCUT2D eigenvalue weighted by molar-refractivity contribution is 0.0704. The van der Waals surface area contributed by atoms with Gasteiger partial charge in [-0.05, 0) is 26.0 Å². The van der Waals surface area contributed by atoms with E-state index >= 15 is 0 Å². The van der Waals surface area contributed by atoms with E-state index in [-0.39, 0.29) is 23.7 Å². The number of benzene rings is 1. The number of likely N-dealkylation sites (N-methyl/N-ethyl adjacent to an activating group) is 1. The molecule has 1 rings (SSSR count). The Balaban J connectivity index is 3.01. The van der Waals surface area contributed by atoms with Gasteiger partial charge in [0.15, 0.2) is 0 Å². The van der Waals surface area contributed by atoms with Crippen molar-refractivity contribution in [3.05, 3.63) is 29.6 Å². The molecule has 0 saturated heterocycles. The third-order valence-electron chi connectivity index (χ3n) is 2.48. The number of rotatable bonds is 5. The topological polar surface area (TPSA) is 52.6 Å². The van der Waals surface area contributed by atoms with Crippen molar-refractivity contribution in [1.82, 2.24) is 4.90 Å². The van der Waals surface area contributed by atoms with Crippen LogP contribution in [0.15, 0.2) is 18.2 Å². The zero-order chi connectivity index (χ0) is 13.7. The molecule has 1 aromatic carbocycles. The van der Waals surface area contributed by atoms with E-state index < -0.39 is 11.9 Å². The summed E-state index contributed by atoms with van der Waals surface area (Å²) in [6.45, 7) is 4.17. The van der Waals surface area contributed by atoms with E-state index in [1.165, 1.54) is 17.0 Å². The molecular weight excluding hydrogens is 235 g/mol. The number of carbonyl (C=O) groups is 1. The van der Waals surface area contributed by atoms with Gasteiger partial charge in [-0.3, -0.25) is 4.79 Å². The number of amides is 1. The summed E-state index contributed by atoms with van der Waals surface area (Å²) < 4.78 is 13.6. The Morgan fingerprint density at radius 2 is 2.22 bits per heavy atom. The van der Waals surface area contributed by atoms with Crippen LogP contribution in [0, 0.1) is 5.82 Å². The minimum absolute atomic E-state index is 0.209. The molecular formula is C13H19FN2O2. The summed E-state index contributed by atoms with van der Waals surface area (Å²) >= 11 is 0. The molecule has 100 valence electrons. The molecule has 2 N–H and O–H groups in total. The van der Waals surface area contributed by atoms with Crippen molar-refractivity contribution >= 4 is 11.6 Å². The SMILES string of the molecule is CCNc1c(F)cccc1C(=O)N(C)CC(C)O. The standard InChI is InChI=1S/C13H19FN2O2/c1-4-15-12-10(6-5-7-11(12)14)13(18)16(3)8-9(2)17/h5-7,9,15,17H,4,8H2,1-3H3. The third-order valence-corrected chi connectivity index (χ3v) is 2.48. The van der Waals surface area contributed by atoms with Crippen LogP contribution in [0.5, 0.6) is 0 Å². The molecule has 18 heavy (non-hydrogen) atoms. The molecule has 1 unspecified atom stereocenters. The smallest absolute Gasteiger partial charge is 0.255 e. The lowest BCUT2D eigenvalue weighted by atomic mass is 10.1. The highest BCUT2D eigenvalue weighted by atomic mass is 19.1. The molecule has 0 spiro atoms. The predicted octanol–water partition coefficient (Wildman–Crippen LogP) is 1.71. The number of hydrogen-bond acceptors (Lipinski definition) is 3. The van der Waals surface area contributed by atoms with Gasteiger partial charge in [0.2, 0.25) is 0 Å². The number of halogens is 1. The van der Waals surface area contributed by atoms with Crippen LogP contribution in [0.25, 0.3) is 0 Å². The number of carbonyl (C=O) groups excluding carboxylic acids is 1. The zero-order valence-corrected chi connectivity index (χ0v) is 10.9. The monoisotopic (exact) mass is 254 g/mol. The van der Waals surface area contributed by atoms with Crippen LogP contribution in [-0.4, -0.2) is 42.2 Å². The minimum atomic E-state index is -0.616. The van der Waals surface area contributed by atoms with Crippen molar-refractivity contribution in [2.75, 3.05) is 25.5 Å². The molecule has 0 bridgehead atoms. The number of aliphatic hydroxyl groups is 1. The second kappa shape index (κ2) is 6.35. The summed E-state index contributed by atoms with van der Waals surface area (Å²) in [5.74, 6) is -0.764. The molecule has 0 aliphatic carbocycles. The van der Waals surface area contributed by atoms with Gasteiger partial charge in [-0.25, -0.2) is 4.39 Å². The van der Waals surface area contributed by atoms with Crippen LogP contribution in [0.4, 0.5) is 10.1 Å². The quantitative estimate of drug-likeness (QED) is 0.841. The van der Waals surface area contributed by atoms with E-state index in [1.807, 2.05) is 6.92 Å². The lowest BCUT2D eigenvalue weighted by Gasteiger charge is -2.20. The first kappa shape index (κ1) is 14.4. The summed E-state index contributed by atoms with van der Waals surface area (Å²) in [5.41, 5.74) is 0.488. The fraction of sp³-hybridized carbons (Fsp3) is 0.462. The molecule has 0 fully saturated rings. The van der Waals surface area contributed by atoms with E-state index in [2.05, 4.69) is 5.32 Å². The van der Waals surface area contributed by atoms with Gasteiger partial charge in [-0.15, -0.1) is 0 Å². The Morgan fingerprint density at radius 1 is 1.56 bits per heavy atom. The van der Waals surface area contributed by atoms with Crippen LogP contribution in [0.2, 0.25) is 0 Å². The minimum Gasteiger partial charge on any atom is -0.392 e. The van der Waals surface area contributed by atoms with E-state index in [1.54, 1.807) is 20.0 Å². The third kappa shape index (κ3) is 3.43. The molecule has 0 heterocycles. The Morgan fingerprint density at radius 3 is 2.78 bits per heavy atom. The molecule has 0 saturated carbocycles. The highest BCUT2D eigenvalue weighted by Crippen LogP contribution is 2.21. The summed E-state index contributed by atoms with van der Waals surface area (Å²) in [5, 5.41) is 12.1. The van der Waals surface area contributed by atoms with E-state index in [0.717, 1.165) is 0 Å². The molecule has 1 aromatic rings. The van der Waals surface area contributed by atoms with Crippen molar-refractivity contribution < 1.29 is 14.3 Å². The first-order valence-corrected chi connectivity index (χ1v) is 5.93. The van der Waals surface area contributed by atoms with Crippen LogP contribution in [0.1, 0.15) is 24.2 Å². The molecule has 1 amide bonds. The maximum Gasteiger partial charge on any atom is 0.255 e. The second-order valence-corrected chi connectivity index (χ2v) is 4.23. The Bertz CT molecular complexity index is 421. The van der Waals surface area contributed by atoms with E-state index in [0.29, 0.717) is 6.54 Å². The van der Waals surface area contributed by atoms with Gasteiger partial charge >= 0.3 is 0 Å². The molecule has 4 nitrogen and oxygen atoms in total. The van der Waals surface area contributed by atoms with E-state index in [4.69, 9.17) is 0 Å². The Labute approximate surface area is 106 Å². The molecule has 0 aliphatic rings. The van der Waals surface area contributed by atoms with Crippen molar-refractivity contribution in [3.63, 3.8) is 0 Å². The number of nitrogens with one attached hydrogen (secondary N) is 1. The predicted molar refractivity (Wildman–Crippen MR) is 69.2 cm³/mol. The number of nitrogens with zero attached hydrogens (tertiary/aromatic N) is 1. The van der Waals surface area contributed by atoms with Crippen LogP contribution < -0.4 is 5.32 Å². The van der Waals surface area contributed by atoms with E-state index in [9.17, 15) is 14.3 Å². The molecule has 0 radical (unpaired) electrons. The highest BCUT2D eigenvalue weighted by Gasteiger charge is 2.18. The maximum atomic E-state index is 13.6. The first-order chi connectivity index (χ1) is 8.47. The average Bonchev–Trinajstić information content (AvgIpc) is 2.30. The summed E-state index contributed by atoms with van der Waals surface area (Å²) in [7, 11) is 1.58. The fourth-order valence-corrected chi connectivity index (χ4v) is 1.74. The normalized spacial score (nSPS) is 12.1. The number of aliphatic hydroxyl groups excluding tert-OH is 1. The van der Waals surface area contributed by atoms with Gasteiger partial charge in [0.05, 0.1) is 17.4 Å². The second-order valence-electron chi connectivity index (χ2n) is 4.23. The zero-order valence-electron chi connectivity index (χ0n) is 10.9. The lowest BCUT2D eigenvalue weighted by Crippen LogP contribution is -2.33. The van der Waals surface area contributed by atoms with Crippen molar-refractivity contribution in [2.45, 2.75) is 20.0 Å². The van der Waals surface area contributed by atoms with Crippen LogP contribution in [-0.2, 0) is 0 Å². The van der Waals surface area contributed by atoms with Gasteiger partial charge in [0, 0.05) is 20.1 Å². The number of hydrogen-bond donors (Lipinski definition) is 2. The molecule has 5 heteroatoms. The Hall–Kier alpha value is -1.62. The van der Waals surface area contributed by atoms with Gasteiger partial charge < -0.3 is 15.3 Å². The van der Waals surface area contributed by atoms with Gasteiger partial charge in [0.25, 0.3) is 5.91 Å². The van der Waals surface area contributed by atoms with Crippen molar-refractivity contribution in [1.29, 1.82) is 0 Å². The molecule has 1 atom stereocenters. The first-order valence-electron chi connectivity index (χ1n) is 5.93. The average molecular weight is 254 g/mol. The molecule has 0 aromatic heterocycles. The van der Waals surface area contributed by atoms with Gasteiger partial charge in [-0.1, -0.05) is 6.07 Å². The molecule has 0 aliphatic heterocycles. The number of para-hydroxylation sites is 1. The van der Waals surface area contributed by atoms with Crippen molar-refractivity contribution in [3.8, 4) is 0 Å². The largest absolute Gasteiger partial charge is 0.392 e. The summed E-state index contributed by atoms with van der Waals surface area (Å²) in [6.07, 6.45) is -0.616. The van der Waals surface area contributed by atoms with Crippen molar-refractivity contribution in [2.24, 2.45) is 0 Å². The number of anilines is 1.